The highest BCUT2D eigenvalue weighted by Crippen LogP contribution is 2.26. The second kappa shape index (κ2) is 4.37. The van der Waals surface area contributed by atoms with Gasteiger partial charge in [0.2, 0.25) is 0 Å². The van der Waals surface area contributed by atoms with E-state index >= 15 is 0 Å². The first-order valence-electron chi connectivity index (χ1n) is 5.30. The number of aryl methyl sites for hydroxylation is 1. The number of non-ortho nitro benzene ring substituents is 1. The van der Waals surface area contributed by atoms with Gasteiger partial charge in [-0.1, -0.05) is 0 Å². The van der Waals surface area contributed by atoms with E-state index in [2.05, 4.69) is 4.99 Å². The maximum Gasteiger partial charge on any atom is 0.269 e. The van der Waals surface area contributed by atoms with Crippen molar-refractivity contribution in [2.75, 3.05) is 11.4 Å². The van der Waals surface area contributed by atoms with Gasteiger partial charge in [0.1, 0.15) is 0 Å². The van der Waals surface area contributed by atoms with Crippen molar-refractivity contribution in [3.8, 4) is 0 Å². The minimum atomic E-state index is -0.379. The Labute approximate surface area is 99.2 Å². The first kappa shape index (κ1) is 11.3. The van der Waals surface area contributed by atoms with Crippen LogP contribution in [-0.4, -0.2) is 17.7 Å². The van der Waals surface area contributed by atoms with Crippen LogP contribution in [-0.2, 0) is 0 Å². The molecule has 17 heavy (non-hydrogen) atoms. The quantitative estimate of drug-likeness (QED) is 0.580. The molecule has 1 aromatic rings. The van der Waals surface area contributed by atoms with Gasteiger partial charge in [-0.3, -0.25) is 15.1 Å². The van der Waals surface area contributed by atoms with Crippen LogP contribution in [0.5, 0.6) is 0 Å². The molecule has 0 fully saturated rings. The number of nitro groups is 1. The summed E-state index contributed by atoms with van der Waals surface area (Å²) in [6.45, 7) is 4.48. The zero-order chi connectivity index (χ0) is 12.4. The van der Waals surface area contributed by atoms with Crippen molar-refractivity contribution < 1.29 is 4.92 Å². The Hall–Kier alpha value is -2.17. The summed E-state index contributed by atoms with van der Waals surface area (Å²) in [5.74, 6) is 0. The fourth-order valence-corrected chi connectivity index (χ4v) is 1.83. The molecule has 0 atom stereocenters. The van der Waals surface area contributed by atoms with E-state index in [1.807, 2.05) is 31.2 Å². The van der Waals surface area contributed by atoms with Gasteiger partial charge >= 0.3 is 0 Å². The average Bonchev–Trinajstić information content (AvgIpc) is 2.28. The van der Waals surface area contributed by atoms with Crippen LogP contribution in [0.1, 0.15) is 12.5 Å². The maximum atomic E-state index is 10.7. The van der Waals surface area contributed by atoms with Crippen LogP contribution >= 0.6 is 0 Å². The molecule has 1 aliphatic heterocycles. The van der Waals surface area contributed by atoms with E-state index in [0.29, 0.717) is 6.54 Å². The first-order chi connectivity index (χ1) is 8.08. The molecule has 0 N–H and O–H groups in total. The Morgan fingerprint density at radius 2 is 2.18 bits per heavy atom. The zero-order valence-electron chi connectivity index (χ0n) is 9.75. The van der Waals surface area contributed by atoms with Crippen molar-refractivity contribution in [2.24, 2.45) is 4.99 Å². The van der Waals surface area contributed by atoms with Gasteiger partial charge < -0.3 is 4.90 Å². The molecule has 1 heterocycles. The fourth-order valence-electron chi connectivity index (χ4n) is 1.83. The number of rotatable bonds is 2. The molecule has 0 radical (unpaired) electrons. The largest absolute Gasteiger partial charge is 0.341 e. The van der Waals surface area contributed by atoms with E-state index in [4.69, 9.17) is 0 Å². The molecule has 0 bridgehead atoms. The number of nitrogens with zero attached hydrogens (tertiary/aromatic N) is 3. The Balaban J connectivity index is 2.34. The van der Waals surface area contributed by atoms with Crippen LogP contribution in [0, 0.1) is 17.0 Å². The lowest BCUT2D eigenvalue weighted by molar-refractivity contribution is -0.384. The molecule has 2 rings (SSSR count). The van der Waals surface area contributed by atoms with Gasteiger partial charge in [0.25, 0.3) is 5.69 Å². The summed E-state index contributed by atoms with van der Waals surface area (Å²) >= 11 is 0. The Bertz CT molecular complexity index is 520. The molecule has 1 aliphatic rings. The molecular weight excluding hydrogens is 218 g/mol. The summed E-state index contributed by atoms with van der Waals surface area (Å²) in [6.07, 6.45) is 3.77. The second-order valence-electron chi connectivity index (χ2n) is 3.96. The summed E-state index contributed by atoms with van der Waals surface area (Å²) < 4.78 is 0. The zero-order valence-corrected chi connectivity index (χ0v) is 9.75. The van der Waals surface area contributed by atoms with E-state index in [1.165, 1.54) is 6.07 Å². The number of aliphatic imine (C=N–C) groups is 1. The van der Waals surface area contributed by atoms with Gasteiger partial charge in [-0.25, -0.2) is 0 Å². The lowest BCUT2D eigenvalue weighted by Gasteiger charge is -2.23. The van der Waals surface area contributed by atoms with Crippen LogP contribution < -0.4 is 4.90 Å². The molecular formula is C12H13N3O2. The fraction of sp³-hybridized carbons (Fsp3) is 0.250. The van der Waals surface area contributed by atoms with E-state index in [-0.39, 0.29) is 10.6 Å². The second-order valence-corrected chi connectivity index (χ2v) is 3.96. The molecule has 0 unspecified atom stereocenters. The normalized spacial score (nSPS) is 14.7. The number of nitro benzene ring substituents is 1. The highest BCUT2D eigenvalue weighted by molar-refractivity contribution is 5.72. The molecule has 0 aliphatic carbocycles. The number of benzene rings is 1. The topological polar surface area (TPSA) is 58.7 Å². The highest BCUT2D eigenvalue weighted by atomic mass is 16.6. The summed E-state index contributed by atoms with van der Waals surface area (Å²) in [4.78, 5) is 16.5. The standard InChI is InChI=1S/C12H13N3O2/c1-9-7-11(15(16)17)3-4-12(9)14-6-5-13-10(2)8-14/h3-5,7-8H,6H2,1-2H3. The molecule has 88 valence electrons. The third kappa shape index (κ3) is 2.33. The van der Waals surface area contributed by atoms with Crippen molar-refractivity contribution >= 4 is 17.6 Å². The van der Waals surface area contributed by atoms with Crippen molar-refractivity contribution in [1.29, 1.82) is 0 Å². The van der Waals surface area contributed by atoms with Crippen LogP contribution in [0.15, 0.2) is 35.1 Å². The molecule has 0 saturated carbocycles. The number of hydrogen-bond donors (Lipinski definition) is 0. The summed E-state index contributed by atoms with van der Waals surface area (Å²) in [5.41, 5.74) is 2.91. The van der Waals surface area contributed by atoms with Gasteiger partial charge in [-0.15, -0.1) is 0 Å². The van der Waals surface area contributed by atoms with Crippen molar-refractivity contribution in [1.82, 2.24) is 0 Å². The van der Waals surface area contributed by atoms with Crippen molar-refractivity contribution in [3.05, 3.63) is 45.8 Å². The molecule has 5 heteroatoms. The maximum absolute atomic E-state index is 10.7. The van der Waals surface area contributed by atoms with E-state index in [0.717, 1.165) is 16.9 Å². The smallest absolute Gasteiger partial charge is 0.269 e. The van der Waals surface area contributed by atoms with Gasteiger partial charge in [0.05, 0.1) is 17.2 Å². The minimum absolute atomic E-state index is 0.123. The van der Waals surface area contributed by atoms with Gasteiger partial charge in [-0.2, -0.15) is 0 Å². The van der Waals surface area contributed by atoms with Crippen molar-refractivity contribution in [3.63, 3.8) is 0 Å². The predicted octanol–water partition coefficient (Wildman–Crippen LogP) is 2.66. The Morgan fingerprint density at radius 1 is 1.41 bits per heavy atom. The molecule has 0 saturated heterocycles. The summed E-state index contributed by atoms with van der Waals surface area (Å²) in [5, 5.41) is 10.7. The third-order valence-corrected chi connectivity index (χ3v) is 2.62. The molecule has 1 aromatic carbocycles. The van der Waals surface area contributed by atoms with Crippen LogP contribution in [0.3, 0.4) is 0 Å². The van der Waals surface area contributed by atoms with Gasteiger partial charge in [0, 0.05) is 30.2 Å². The Morgan fingerprint density at radius 3 is 2.76 bits per heavy atom. The van der Waals surface area contributed by atoms with Crippen LogP contribution in [0.25, 0.3) is 0 Å². The summed E-state index contributed by atoms with van der Waals surface area (Å²) in [7, 11) is 0. The molecule has 0 amide bonds. The average molecular weight is 231 g/mol. The number of anilines is 1. The lowest BCUT2D eigenvalue weighted by atomic mass is 10.1. The van der Waals surface area contributed by atoms with Gasteiger partial charge in [0.15, 0.2) is 0 Å². The third-order valence-electron chi connectivity index (χ3n) is 2.62. The molecule has 0 spiro atoms. The Kier molecular flexibility index (Phi) is 2.91. The number of hydrogen-bond acceptors (Lipinski definition) is 4. The summed E-state index contributed by atoms with van der Waals surface area (Å²) in [6, 6.07) is 4.89. The van der Waals surface area contributed by atoms with Crippen molar-refractivity contribution in [2.45, 2.75) is 13.8 Å². The predicted molar refractivity (Wildman–Crippen MR) is 67.4 cm³/mol. The first-order valence-corrected chi connectivity index (χ1v) is 5.30. The lowest BCUT2D eigenvalue weighted by Crippen LogP contribution is -2.22. The molecule has 0 aromatic heterocycles. The molecule has 5 nitrogen and oxygen atoms in total. The van der Waals surface area contributed by atoms with E-state index < -0.39 is 0 Å². The minimum Gasteiger partial charge on any atom is -0.341 e. The monoisotopic (exact) mass is 231 g/mol. The van der Waals surface area contributed by atoms with Crippen LogP contribution in [0.2, 0.25) is 0 Å². The van der Waals surface area contributed by atoms with E-state index in [1.54, 1.807) is 12.1 Å². The number of allylic oxidation sites excluding steroid dienone is 1. The van der Waals surface area contributed by atoms with E-state index in [9.17, 15) is 10.1 Å². The van der Waals surface area contributed by atoms with Gasteiger partial charge in [-0.05, 0) is 25.5 Å². The SMILES string of the molecule is CC1=CN(c2ccc([N+](=O)[O-])cc2C)CC=N1. The highest BCUT2D eigenvalue weighted by Gasteiger charge is 2.13. The van der Waals surface area contributed by atoms with Crippen LogP contribution in [0.4, 0.5) is 11.4 Å².